The molecule has 1 heterocycles. The van der Waals surface area contributed by atoms with Crippen molar-refractivity contribution in [3.05, 3.63) is 42.0 Å². The molecule has 1 unspecified atom stereocenters. The van der Waals surface area contributed by atoms with Crippen LogP contribution in [0, 0.1) is 6.92 Å². The maximum atomic E-state index is 10.3. The van der Waals surface area contributed by atoms with E-state index < -0.39 is 6.10 Å². The Morgan fingerprint density at radius 2 is 1.67 bits per heavy atom. The lowest BCUT2D eigenvalue weighted by molar-refractivity contribution is 0.0137. The van der Waals surface area contributed by atoms with Crippen LogP contribution in [0.25, 0.3) is 0 Å². The summed E-state index contributed by atoms with van der Waals surface area (Å²) in [5.41, 5.74) is 1.02. The molecule has 116 valence electrons. The van der Waals surface area contributed by atoms with Gasteiger partial charge in [0.05, 0.1) is 0 Å². The molecule has 0 bridgehead atoms. The van der Waals surface area contributed by atoms with Crippen molar-refractivity contribution < 1.29 is 9.84 Å². The monoisotopic (exact) mass is 289 g/mol. The number of rotatable bonds is 5. The van der Waals surface area contributed by atoms with Crippen LogP contribution in [-0.2, 0) is 0 Å². The first-order chi connectivity index (χ1) is 9.72. The summed E-state index contributed by atoms with van der Waals surface area (Å²) in [4.78, 5) is 2.31. The highest BCUT2D eigenvalue weighted by molar-refractivity contribution is 5.31. The van der Waals surface area contributed by atoms with Crippen LogP contribution in [0.1, 0.15) is 33.3 Å². The fourth-order valence-corrected chi connectivity index (χ4v) is 2.97. The van der Waals surface area contributed by atoms with Gasteiger partial charge >= 0.3 is 0 Å². The van der Waals surface area contributed by atoms with Crippen molar-refractivity contribution >= 4 is 0 Å². The van der Waals surface area contributed by atoms with Crippen LogP contribution in [-0.4, -0.2) is 40.3 Å². The van der Waals surface area contributed by atoms with Crippen LogP contribution in [0.4, 0.5) is 0 Å². The molecule has 0 amide bonds. The van der Waals surface area contributed by atoms with Gasteiger partial charge in [0.25, 0.3) is 0 Å². The van der Waals surface area contributed by atoms with E-state index in [-0.39, 0.29) is 11.1 Å². The third-order valence-electron chi connectivity index (χ3n) is 4.21. The molecule has 0 spiro atoms. The van der Waals surface area contributed by atoms with E-state index >= 15 is 0 Å². The van der Waals surface area contributed by atoms with Crippen molar-refractivity contribution in [1.29, 1.82) is 0 Å². The van der Waals surface area contributed by atoms with Gasteiger partial charge < -0.3 is 9.84 Å². The molecule has 0 saturated heterocycles. The largest absolute Gasteiger partial charge is 0.491 e. The second kappa shape index (κ2) is 5.82. The van der Waals surface area contributed by atoms with E-state index in [2.05, 4.69) is 44.7 Å². The van der Waals surface area contributed by atoms with E-state index in [1.165, 1.54) is 0 Å². The predicted molar refractivity (Wildman–Crippen MR) is 86.7 cm³/mol. The van der Waals surface area contributed by atoms with E-state index in [0.29, 0.717) is 13.2 Å². The average Bonchev–Trinajstić information content (AvgIpc) is 2.61. The molecule has 3 heteroatoms. The van der Waals surface area contributed by atoms with Crippen molar-refractivity contribution in [2.45, 2.75) is 51.8 Å². The van der Waals surface area contributed by atoms with Crippen LogP contribution in [0.3, 0.4) is 0 Å². The van der Waals surface area contributed by atoms with E-state index in [1.807, 2.05) is 31.2 Å². The van der Waals surface area contributed by atoms with Crippen molar-refractivity contribution in [3.63, 3.8) is 0 Å². The van der Waals surface area contributed by atoms with Gasteiger partial charge in [-0.25, -0.2) is 0 Å². The maximum absolute atomic E-state index is 10.3. The summed E-state index contributed by atoms with van der Waals surface area (Å²) in [5.74, 6) is 0.842. The van der Waals surface area contributed by atoms with Gasteiger partial charge in [-0.15, -0.1) is 0 Å². The molecule has 1 aliphatic heterocycles. The third-order valence-corrected chi connectivity index (χ3v) is 4.21. The molecule has 0 radical (unpaired) electrons. The molecule has 0 aromatic heterocycles. The lowest BCUT2D eigenvalue weighted by Crippen LogP contribution is -2.53. The number of aryl methyl sites for hydroxylation is 1. The SMILES string of the molecule is Cc1ccccc1OCC(O)CN1C(C)(C)C=CC1(C)C. The van der Waals surface area contributed by atoms with Gasteiger partial charge in [0.1, 0.15) is 18.5 Å². The highest BCUT2D eigenvalue weighted by atomic mass is 16.5. The minimum Gasteiger partial charge on any atom is -0.491 e. The molecule has 1 N–H and O–H groups in total. The summed E-state index contributed by atoms with van der Waals surface area (Å²) in [7, 11) is 0. The van der Waals surface area contributed by atoms with Crippen LogP contribution in [0.5, 0.6) is 5.75 Å². The topological polar surface area (TPSA) is 32.7 Å². The molecule has 21 heavy (non-hydrogen) atoms. The van der Waals surface area contributed by atoms with Gasteiger partial charge in [0.15, 0.2) is 0 Å². The minimum atomic E-state index is -0.511. The Morgan fingerprint density at radius 3 is 2.24 bits per heavy atom. The Morgan fingerprint density at radius 1 is 1.10 bits per heavy atom. The molecule has 1 aliphatic rings. The molecular formula is C18H27NO2. The fourth-order valence-electron chi connectivity index (χ4n) is 2.97. The molecule has 0 fully saturated rings. The first-order valence-corrected chi connectivity index (χ1v) is 7.57. The number of aliphatic hydroxyl groups is 1. The van der Waals surface area contributed by atoms with Gasteiger partial charge in [-0.1, -0.05) is 30.4 Å². The maximum Gasteiger partial charge on any atom is 0.122 e. The van der Waals surface area contributed by atoms with Crippen molar-refractivity contribution in [2.24, 2.45) is 0 Å². The third kappa shape index (κ3) is 3.66. The van der Waals surface area contributed by atoms with Crippen molar-refractivity contribution in [3.8, 4) is 5.75 Å². The Labute approximate surface area is 128 Å². The van der Waals surface area contributed by atoms with Gasteiger partial charge in [-0.2, -0.15) is 0 Å². The summed E-state index contributed by atoms with van der Waals surface area (Å²) in [5, 5.41) is 10.3. The van der Waals surface area contributed by atoms with E-state index in [4.69, 9.17) is 4.74 Å². The number of hydrogen-bond acceptors (Lipinski definition) is 3. The first kappa shape index (κ1) is 16.1. The zero-order chi connectivity index (χ0) is 15.7. The van der Waals surface area contributed by atoms with Gasteiger partial charge in [-0.3, -0.25) is 4.90 Å². The van der Waals surface area contributed by atoms with Crippen molar-refractivity contribution in [1.82, 2.24) is 4.90 Å². The number of benzene rings is 1. The van der Waals surface area contributed by atoms with Crippen LogP contribution >= 0.6 is 0 Å². The number of ether oxygens (including phenoxy) is 1. The second-order valence-corrected chi connectivity index (χ2v) is 6.98. The second-order valence-electron chi connectivity index (χ2n) is 6.98. The van der Waals surface area contributed by atoms with Gasteiger partial charge in [0.2, 0.25) is 0 Å². The predicted octanol–water partition coefficient (Wildman–Crippen LogP) is 3.16. The molecule has 1 aromatic carbocycles. The number of nitrogens with zero attached hydrogens (tertiary/aromatic N) is 1. The smallest absolute Gasteiger partial charge is 0.122 e. The Kier molecular flexibility index (Phi) is 4.45. The van der Waals surface area contributed by atoms with Crippen molar-refractivity contribution in [2.75, 3.05) is 13.2 Å². The van der Waals surface area contributed by atoms with E-state index in [9.17, 15) is 5.11 Å². The Balaban J connectivity index is 1.93. The standard InChI is InChI=1S/C18H27NO2/c1-14-8-6-7-9-16(14)21-13-15(20)12-19-17(2,3)10-11-18(19,4)5/h6-11,15,20H,12-13H2,1-5H3. The van der Waals surface area contributed by atoms with Crippen LogP contribution in [0.2, 0.25) is 0 Å². The summed E-state index contributed by atoms with van der Waals surface area (Å²) < 4.78 is 5.75. The Hall–Kier alpha value is -1.32. The normalized spacial score (nSPS) is 21.4. The number of β-amino-alcohol motifs (C(OH)–C–C–N with tert-alkyl or cyclic N) is 1. The van der Waals surface area contributed by atoms with E-state index in [1.54, 1.807) is 0 Å². The van der Waals surface area contributed by atoms with E-state index in [0.717, 1.165) is 11.3 Å². The highest BCUT2D eigenvalue weighted by Gasteiger charge is 2.40. The number of aliphatic hydroxyl groups excluding tert-OH is 1. The summed E-state index contributed by atoms with van der Waals surface area (Å²) in [6, 6.07) is 7.89. The molecule has 0 aliphatic carbocycles. The lowest BCUT2D eigenvalue weighted by atomic mass is 10.0. The summed E-state index contributed by atoms with van der Waals surface area (Å²) in [6.07, 6.45) is 3.91. The van der Waals surface area contributed by atoms with Gasteiger partial charge in [0, 0.05) is 17.6 Å². The highest BCUT2D eigenvalue weighted by Crippen LogP contribution is 2.34. The Bertz CT molecular complexity index is 502. The summed E-state index contributed by atoms with van der Waals surface area (Å²) >= 11 is 0. The van der Waals surface area contributed by atoms with Crippen LogP contribution < -0.4 is 4.74 Å². The zero-order valence-electron chi connectivity index (χ0n) is 13.8. The molecule has 1 aromatic rings. The summed E-state index contributed by atoms with van der Waals surface area (Å²) in [6.45, 7) is 11.6. The number of hydrogen-bond donors (Lipinski definition) is 1. The van der Waals surface area contributed by atoms with Gasteiger partial charge in [-0.05, 0) is 46.2 Å². The fraction of sp³-hybridized carbons (Fsp3) is 0.556. The molecule has 1 atom stereocenters. The number of para-hydroxylation sites is 1. The van der Waals surface area contributed by atoms with Crippen LogP contribution in [0.15, 0.2) is 36.4 Å². The molecule has 2 rings (SSSR count). The lowest BCUT2D eigenvalue weighted by Gasteiger charge is -2.41. The molecule has 3 nitrogen and oxygen atoms in total. The first-order valence-electron chi connectivity index (χ1n) is 7.57. The zero-order valence-corrected chi connectivity index (χ0v) is 13.8. The minimum absolute atomic E-state index is 0.0346. The molecular weight excluding hydrogens is 262 g/mol. The average molecular weight is 289 g/mol. The quantitative estimate of drug-likeness (QED) is 0.845. The molecule has 0 saturated carbocycles.